The normalized spacial score (nSPS) is 18.8. The van der Waals surface area contributed by atoms with E-state index < -0.39 is 5.82 Å². The van der Waals surface area contributed by atoms with Crippen molar-refractivity contribution in [1.29, 1.82) is 0 Å². The number of carbonyl (C=O) groups excluding carboxylic acids is 1. The molecule has 0 aliphatic carbocycles. The molecule has 140 valence electrons. The zero-order valence-electron chi connectivity index (χ0n) is 15.3. The molecule has 0 spiro atoms. The fourth-order valence-electron chi connectivity index (χ4n) is 2.85. The number of ether oxygens (including phenoxy) is 1. The van der Waals surface area contributed by atoms with E-state index in [0.29, 0.717) is 11.2 Å². The topological polar surface area (TPSA) is 41.6 Å². The minimum absolute atomic E-state index is 0.0142. The number of hydrogen-bond donors (Lipinski definition) is 1. The van der Waals surface area contributed by atoms with Crippen LogP contribution in [-0.2, 0) is 4.79 Å². The highest BCUT2D eigenvalue weighted by Gasteiger charge is 2.22. The zero-order chi connectivity index (χ0) is 18.4. The molecule has 1 atom stereocenters. The van der Waals surface area contributed by atoms with Gasteiger partial charge < -0.3 is 15.0 Å². The number of rotatable bonds is 6. The summed E-state index contributed by atoms with van der Waals surface area (Å²) in [5.74, 6) is -0.281. The molecule has 0 bridgehead atoms. The summed E-state index contributed by atoms with van der Waals surface area (Å²) in [5, 5.41) is 3.02. The van der Waals surface area contributed by atoms with Gasteiger partial charge >= 0.3 is 0 Å². The number of nitrogens with zero attached hydrogens (tertiary/aromatic N) is 1. The van der Waals surface area contributed by atoms with E-state index in [0.717, 1.165) is 38.9 Å². The molecule has 1 fully saturated rings. The lowest BCUT2D eigenvalue weighted by molar-refractivity contribution is -0.124. The molecule has 4 nitrogen and oxygen atoms in total. The second-order valence-electron chi connectivity index (χ2n) is 7.88. The smallest absolute Gasteiger partial charge is 0.258 e. The molecule has 0 radical (unpaired) electrons. The second-order valence-corrected chi connectivity index (χ2v) is 8.29. The molecule has 0 aromatic heterocycles. The molecule has 1 aliphatic rings. The molecule has 2 rings (SSSR count). The lowest BCUT2D eigenvalue weighted by atomic mass is 9.91. The highest BCUT2D eigenvalue weighted by Crippen LogP contribution is 2.22. The van der Waals surface area contributed by atoms with E-state index in [1.54, 1.807) is 0 Å². The third-order valence-electron chi connectivity index (χ3n) is 4.31. The van der Waals surface area contributed by atoms with Crippen LogP contribution in [0.3, 0.4) is 0 Å². The van der Waals surface area contributed by atoms with Crippen LogP contribution in [0.5, 0.6) is 5.75 Å². The molecule has 1 heterocycles. The molecular formula is C19H28ClFN2O2. The van der Waals surface area contributed by atoms with Gasteiger partial charge in [0.25, 0.3) is 5.91 Å². The lowest BCUT2D eigenvalue weighted by Gasteiger charge is -2.34. The van der Waals surface area contributed by atoms with Crippen molar-refractivity contribution in [3.05, 3.63) is 29.0 Å². The Labute approximate surface area is 154 Å². The Morgan fingerprint density at radius 2 is 2.20 bits per heavy atom. The zero-order valence-corrected chi connectivity index (χ0v) is 16.0. The van der Waals surface area contributed by atoms with Gasteiger partial charge in [-0.05, 0) is 49.9 Å². The average molecular weight is 371 g/mol. The van der Waals surface area contributed by atoms with Crippen LogP contribution >= 0.6 is 11.6 Å². The Morgan fingerprint density at radius 3 is 2.88 bits per heavy atom. The van der Waals surface area contributed by atoms with E-state index >= 15 is 0 Å². The Balaban J connectivity index is 1.74. The molecule has 0 unspecified atom stereocenters. The Morgan fingerprint density at radius 1 is 1.44 bits per heavy atom. The third-order valence-corrected chi connectivity index (χ3v) is 4.60. The van der Waals surface area contributed by atoms with E-state index in [9.17, 15) is 9.18 Å². The molecule has 6 heteroatoms. The monoisotopic (exact) mass is 370 g/mol. The van der Waals surface area contributed by atoms with Crippen LogP contribution in [0, 0.1) is 11.2 Å². The van der Waals surface area contributed by atoms with Gasteiger partial charge in [-0.3, -0.25) is 4.79 Å². The molecule has 1 N–H and O–H groups in total. The maximum Gasteiger partial charge on any atom is 0.258 e. The van der Waals surface area contributed by atoms with Crippen molar-refractivity contribution in [2.24, 2.45) is 5.41 Å². The number of likely N-dealkylation sites (tertiary alicyclic amines) is 1. The first-order valence-corrected chi connectivity index (χ1v) is 9.20. The summed E-state index contributed by atoms with van der Waals surface area (Å²) in [6.45, 7) is 9.66. The van der Waals surface area contributed by atoms with Crippen molar-refractivity contribution in [3.63, 3.8) is 0 Å². The highest BCUT2D eigenvalue weighted by atomic mass is 35.5. The average Bonchev–Trinajstić information content (AvgIpc) is 2.54. The lowest BCUT2D eigenvalue weighted by Crippen LogP contribution is -2.49. The van der Waals surface area contributed by atoms with Gasteiger partial charge in [-0.15, -0.1) is 0 Å². The molecule has 1 saturated heterocycles. The van der Waals surface area contributed by atoms with Gasteiger partial charge in [0.2, 0.25) is 0 Å². The summed E-state index contributed by atoms with van der Waals surface area (Å²) in [4.78, 5) is 14.5. The van der Waals surface area contributed by atoms with Gasteiger partial charge in [-0.2, -0.15) is 0 Å². The number of hydrogen-bond acceptors (Lipinski definition) is 3. The van der Waals surface area contributed by atoms with E-state index in [4.69, 9.17) is 16.3 Å². The number of halogens is 2. The van der Waals surface area contributed by atoms with Crippen LogP contribution in [0.2, 0.25) is 5.02 Å². The van der Waals surface area contributed by atoms with Crippen LogP contribution in [0.25, 0.3) is 0 Å². The maximum atomic E-state index is 13.1. The minimum Gasteiger partial charge on any atom is -0.484 e. The standard InChI is InChI=1S/C19H28ClFN2O2/c1-19(2,3)8-10-23-9-4-5-14(12-23)22-18(24)13-25-15-6-7-17(21)16(20)11-15/h6-7,11,14H,4-5,8-10,12-13H2,1-3H3,(H,22,24)/t14-/m0/s1. The summed E-state index contributed by atoms with van der Waals surface area (Å²) in [7, 11) is 0. The largest absolute Gasteiger partial charge is 0.484 e. The maximum absolute atomic E-state index is 13.1. The summed E-state index contributed by atoms with van der Waals surface area (Å²) < 4.78 is 18.5. The van der Waals surface area contributed by atoms with E-state index in [1.165, 1.54) is 18.2 Å². The van der Waals surface area contributed by atoms with Crippen LogP contribution in [0.4, 0.5) is 4.39 Å². The summed E-state index contributed by atoms with van der Waals surface area (Å²) in [6, 6.07) is 4.22. The van der Waals surface area contributed by atoms with Crippen molar-refractivity contribution in [2.45, 2.75) is 46.1 Å². The van der Waals surface area contributed by atoms with Crippen LogP contribution in [0.15, 0.2) is 18.2 Å². The van der Waals surface area contributed by atoms with Crippen molar-refractivity contribution >= 4 is 17.5 Å². The van der Waals surface area contributed by atoms with Gasteiger partial charge in [0.05, 0.1) is 5.02 Å². The molecule has 1 aromatic carbocycles. The summed E-state index contributed by atoms with van der Waals surface area (Å²) >= 11 is 5.70. The van der Waals surface area contributed by atoms with Crippen LogP contribution < -0.4 is 10.1 Å². The van der Waals surface area contributed by atoms with E-state index in [1.807, 2.05) is 0 Å². The van der Waals surface area contributed by atoms with Crippen molar-refractivity contribution in [1.82, 2.24) is 10.2 Å². The first-order chi connectivity index (χ1) is 11.7. The predicted molar refractivity (Wildman–Crippen MR) is 98.6 cm³/mol. The number of nitrogens with one attached hydrogen (secondary N) is 1. The SMILES string of the molecule is CC(C)(C)CCN1CCC[C@H](NC(=O)COc2ccc(F)c(Cl)c2)C1. The fourth-order valence-corrected chi connectivity index (χ4v) is 3.03. The number of amides is 1. The van der Waals surface area contributed by atoms with E-state index in [-0.39, 0.29) is 23.6 Å². The quantitative estimate of drug-likeness (QED) is 0.826. The van der Waals surface area contributed by atoms with Crippen molar-refractivity contribution < 1.29 is 13.9 Å². The molecular weight excluding hydrogens is 343 g/mol. The first kappa shape index (κ1) is 20.0. The Kier molecular flexibility index (Phi) is 7.08. The Hall–Kier alpha value is -1.33. The van der Waals surface area contributed by atoms with Crippen molar-refractivity contribution in [3.8, 4) is 5.75 Å². The minimum atomic E-state index is -0.504. The van der Waals surface area contributed by atoms with Crippen molar-refractivity contribution in [2.75, 3.05) is 26.2 Å². The molecule has 1 aliphatic heterocycles. The number of carbonyl (C=O) groups is 1. The van der Waals surface area contributed by atoms with Gasteiger partial charge in [0.15, 0.2) is 6.61 Å². The van der Waals surface area contributed by atoms with Gasteiger partial charge in [0.1, 0.15) is 11.6 Å². The summed E-state index contributed by atoms with van der Waals surface area (Å²) in [5.41, 5.74) is 0.320. The molecule has 0 saturated carbocycles. The molecule has 25 heavy (non-hydrogen) atoms. The first-order valence-electron chi connectivity index (χ1n) is 8.82. The summed E-state index contributed by atoms with van der Waals surface area (Å²) in [6.07, 6.45) is 3.21. The predicted octanol–water partition coefficient (Wildman–Crippen LogP) is 3.87. The van der Waals surface area contributed by atoms with Gasteiger partial charge in [-0.1, -0.05) is 32.4 Å². The number of piperidine rings is 1. The van der Waals surface area contributed by atoms with Gasteiger partial charge in [0, 0.05) is 18.7 Å². The Bertz CT molecular complexity index is 589. The second kappa shape index (κ2) is 8.86. The molecule has 1 amide bonds. The van der Waals surface area contributed by atoms with E-state index in [2.05, 4.69) is 31.0 Å². The highest BCUT2D eigenvalue weighted by molar-refractivity contribution is 6.30. The third kappa shape index (κ3) is 7.20. The molecule has 1 aromatic rings. The fraction of sp³-hybridized carbons (Fsp3) is 0.632. The number of benzene rings is 1. The van der Waals surface area contributed by atoms with Crippen LogP contribution in [0.1, 0.15) is 40.0 Å². The van der Waals surface area contributed by atoms with Crippen LogP contribution in [-0.4, -0.2) is 43.1 Å². The van der Waals surface area contributed by atoms with Gasteiger partial charge in [-0.25, -0.2) is 4.39 Å².